The number of carbonyl (C=O) groups excluding carboxylic acids is 1. The van der Waals surface area contributed by atoms with Crippen molar-refractivity contribution in [2.45, 2.75) is 13.2 Å². The van der Waals surface area contributed by atoms with Crippen LogP contribution in [0.2, 0.25) is 0 Å². The Hall–Kier alpha value is -3.50. The van der Waals surface area contributed by atoms with Gasteiger partial charge in [0.15, 0.2) is 11.2 Å². The lowest BCUT2D eigenvalue weighted by atomic mass is 10.3. The highest BCUT2D eigenvalue weighted by Gasteiger charge is 2.18. The van der Waals surface area contributed by atoms with Crippen LogP contribution in [0.5, 0.6) is 5.75 Å². The number of imidazole rings is 1. The number of aromatic nitrogens is 4. The smallest absolute Gasteiger partial charge is 0.387 e. The van der Waals surface area contributed by atoms with Crippen molar-refractivity contribution in [3.05, 3.63) is 51.4 Å². The largest absolute Gasteiger partial charge is 0.433 e. The predicted octanol–water partition coefficient (Wildman–Crippen LogP) is 0.674. The molecule has 2 aromatic heterocycles. The minimum Gasteiger partial charge on any atom is -0.433 e. The summed E-state index contributed by atoms with van der Waals surface area (Å²) >= 11 is 0. The maximum atomic E-state index is 12.6. The van der Waals surface area contributed by atoms with Gasteiger partial charge < -0.3 is 14.6 Å². The number of alkyl halides is 2. The maximum Gasteiger partial charge on any atom is 0.387 e. The van der Waals surface area contributed by atoms with Crippen molar-refractivity contribution in [1.82, 2.24) is 18.7 Å². The number of anilines is 1. The Morgan fingerprint density at radius 2 is 1.96 bits per heavy atom. The van der Waals surface area contributed by atoms with Crippen molar-refractivity contribution in [2.75, 3.05) is 5.32 Å². The number of ether oxygens (including phenoxy) is 1. The van der Waals surface area contributed by atoms with Crippen molar-refractivity contribution in [3.63, 3.8) is 0 Å². The molecule has 27 heavy (non-hydrogen) atoms. The Bertz CT molecular complexity index is 1130. The molecule has 0 fully saturated rings. The highest BCUT2D eigenvalue weighted by atomic mass is 19.3. The zero-order valence-corrected chi connectivity index (χ0v) is 14.3. The summed E-state index contributed by atoms with van der Waals surface area (Å²) in [7, 11) is 3.01. The zero-order valence-electron chi connectivity index (χ0n) is 14.3. The second kappa shape index (κ2) is 7.02. The first kappa shape index (κ1) is 18.3. The number of aryl methyl sites for hydroxylation is 2. The quantitative estimate of drug-likeness (QED) is 0.703. The van der Waals surface area contributed by atoms with Crippen molar-refractivity contribution < 1.29 is 18.3 Å². The number of halogens is 2. The molecule has 0 atom stereocenters. The number of nitrogens with one attached hydrogen (secondary N) is 1. The van der Waals surface area contributed by atoms with Crippen LogP contribution in [0.15, 0.2) is 40.2 Å². The lowest BCUT2D eigenvalue weighted by molar-refractivity contribution is -0.116. The van der Waals surface area contributed by atoms with E-state index in [-0.39, 0.29) is 22.6 Å². The van der Waals surface area contributed by atoms with E-state index in [1.165, 1.54) is 42.2 Å². The average Bonchev–Trinajstić information content (AvgIpc) is 3.00. The molecule has 0 saturated carbocycles. The molecule has 1 amide bonds. The normalized spacial score (nSPS) is 11.1. The first-order chi connectivity index (χ1) is 12.8. The topological polar surface area (TPSA) is 100 Å². The number of amides is 1. The maximum absolute atomic E-state index is 12.6. The van der Waals surface area contributed by atoms with Crippen molar-refractivity contribution in [1.29, 1.82) is 0 Å². The van der Waals surface area contributed by atoms with E-state index in [0.29, 0.717) is 0 Å². The molecule has 3 rings (SSSR count). The summed E-state index contributed by atoms with van der Waals surface area (Å²) in [5.41, 5.74) is -1.06. The van der Waals surface area contributed by atoms with Crippen LogP contribution in [-0.4, -0.2) is 31.2 Å². The SMILES string of the molecule is Cn1cnc2c1c(=O)n(CC(=O)Nc1ccccc1OC(F)F)c(=O)n2C. The van der Waals surface area contributed by atoms with E-state index in [1.54, 1.807) is 7.05 Å². The zero-order chi connectivity index (χ0) is 19.7. The van der Waals surface area contributed by atoms with E-state index < -0.39 is 30.3 Å². The first-order valence-corrected chi connectivity index (χ1v) is 7.74. The third-order valence-corrected chi connectivity index (χ3v) is 3.88. The third-order valence-electron chi connectivity index (χ3n) is 3.88. The molecule has 0 spiro atoms. The van der Waals surface area contributed by atoms with Crippen molar-refractivity contribution >= 4 is 22.8 Å². The van der Waals surface area contributed by atoms with Gasteiger partial charge in [-0.3, -0.25) is 14.2 Å². The summed E-state index contributed by atoms with van der Waals surface area (Å²) in [4.78, 5) is 41.3. The number of benzene rings is 1. The van der Waals surface area contributed by atoms with Gasteiger partial charge in [0, 0.05) is 14.1 Å². The molecule has 11 heteroatoms. The molecule has 0 unspecified atom stereocenters. The Morgan fingerprint density at radius 3 is 2.67 bits per heavy atom. The number of hydrogen-bond donors (Lipinski definition) is 1. The summed E-state index contributed by atoms with van der Waals surface area (Å²) in [5.74, 6) is -0.982. The second-order valence-corrected chi connectivity index (χ2v) is 5.68. The lowest BCUT2D eigenvalue weighted by Gasteiger charge is -2.12. The first-order valence-electron chi connectivity index (χ1n) is 7.74. The number of carbonyl (C=O) groups is 1. The molecule has 0 saturated heterocycles. The van der Waals surface area contributed by atoms with Crippen LogP contribution in [0, 0.1) is 0 Å². The Morgan fingerprint density at radius 1 is 1.26 bits per heavy atom. The third kappa shape index (κ3) is 3.43. The van der Waals surface area contributed by atoms with Gasteiger partial charge in [0.05, 0.1) is 12.0 Å². The summed E-state index contributed by atoms with van der Waals surface area (Å²) < 4.78 is 32.6. The van der Waals surface area contributed by atoms with E-state index in [9.17, 15) is 23.2 Å². The van der Waals surface area contributed by atoms with Crippen molar-refractivity contribution in [3.8, 4) is 5.75 Å². The van der Waals surface area contributed by atoms with Crippen LogP contribution in [0.25, 0.3) is 11.2 Å². The second-order valence-electron chi connectivity index (χ2n) is 5.68. The summed E-state index contributed by atoms with van der Waals surface area (Å²) in [6.45, 7) is -3.67. The molecule has 0 bridgehead atoms. The van der Waals surface area contributed by atoms with Crippen LogP contribution < -0.4 is 21.3 Å². The Balaban J connectivity index is 1.93. The minimum absolute atomic E-state index is 0.00529. The fourth-order valence-corrected chi connectivity index (χ4v) is 2.64. The molecule has 1 N–H and O–H groups in total. The molecular formula is C16H15F2N5O4. The molecule has 0 aliphatic rings. The molecule has 0 radical (unpaired) electrons. The number of rotatable bonds is 5. The fourth-order valence-electron chi connectivity index (χ4n) is 2.64. The predicted molar refractivity (Wildman–Crippen MR) is 91.9 cm³/mol. The minimum atomic E-state index is -3.06. The molecule has 9 nitrogen and oxygen atoms in total. The standard InChI is InChI=1S/C16H15F2N5O4/c1-21-8-19-13-12(21)14(25)23(16(26)22(13)2)7-11(24)20-9-5-3-4-6-10(9)27-15(17)18/h3-6,8,15H,7H2,1-2H3,(H,20,24). The average molecular weight is 379 g/mol. The molecule has 0 aliphatic carbocycles. The van der Waals surface area contributed by atoms with Gasteiger partial charge in [-0.25, -0.2) is 14.3 Å². The fraction of sp³-hybridized carbons (Fsp3) is 0.250. The van der Waals surface area contributed by atoms with Crippen LogP contribution in [0.1, 0.15) is 0 Å². The molecule has 0 aliphatic heterocycles. The summed E-state index contributed by atoms with van der Waals surface area (Å²) in [6.07, 6.45) is 1.38. The van der Waals surface area contributed by atoms with Gasteiger partial charge in [-0.2, -0.15) is 8.78 Å². The van der Waals surface area contributed by atoms with Gasteiger partial charge in [0.2, 0.25) is 5.91 Å². The highest BCUT2D eigenvalue weighted by Crippen LogP contribution is 2.25. The molecule has 2 heterocycles. The van der Waals surface area contributed by atoms with Crippen LogP contribution >= 0.6 is 0 Å². The number of hydrogen-bond acceptors (Lipinski definition) is 5. The highest BCUT2D eigenvalue weighted by molar-refractivity contribution is 5.92. The van der Waals surface area contributed by atoms with Crippen molar-refractivity contribution in [2.24, 2.45) is 14.1 Å². The van der Waals surface area contributed by atoms with E-state index >= 15 is 0 Å². The van der Waals surface area contributed by atoms with Gasteiger partial charge in [-0.15, -0.1) is 0 Å². The molecule has 3 aromatic rings. The monoisotopic (exact) mass is 379 g/mol. The van der Waals surface area contributed by atoms with E-state index in [1.807, 2.05) is 0 Å². The lowest BCUT2D eigenvalue weighted by Crippen LogP contribution is -2.42. The van der Waals surface area contributed by atoms with Gasteiger partial charge >= 0.3 is 12.3 Å². The molecule has 142 valence electrons. The number of nitrogens with zero attached hydrogens (tertiary/aromatic N) is 4. The molecular weight excluding hydrogens is 364 g/mol. The van der Waals surface area contributed by atoms with E-state index in [2.05, 4.69) is 15.0 Å². The van der Waals surface area contributed by atoms with Crippen LogP contribution in [0.3, 0.4) is 0 Å². The Labute approximate surface area is 150 Å². The van der Waals surface area contributed by atoms with Gasteiger partial charge in [0.1, 0.15) is 12.3 Å². The van der Waals surface area contributed by atoms with Gasteiger partial charge in [-0.05, 0) is 12.1 Å². The number of para-hydroxylation sites is 2. The van der Waals surface area contributed by atoms with Crippen LogP contribution in [-0.2, 0) is 25.4 Å². The molecule has 1 aromatic carbocycles. The summed E-state index contributed by atoms with van der Waals surface area (Å²) in [6, 6.07) is 5.60. The Kier molecular flexibility index (Phi) is 4.75. The van der Waals surface area contributed by atoms with E-state index in [0.717, 1.165) is 9.13 Å². The van der Waals surface area contributed by atoms with Gasteiger partial charge in [0.25, 0.3) is 5.56 Å². The van der Waals surface area contributed by atoms with Crippen LogP contribution in [0.4, 0.5) is 14.5 Å². The number of fused-ring (bicyclic) bond motifs is 1. The summed E-state index contributed by atoms with van der Waals surface area (Å²) in [5, 5.41) is 2.37. The van der Waals surface area contributed by atoms with E-state index in [4.69, 9.17) is 0 Å². The van der Waals surface area contributed by atoms with Gasteiger partial charge in [-0.1, -0.05) is 12.1 Å².